The predicted molar refractivity (Wildman–Crippen MR) is 131 cm³/mol. The fraction of sp³-hybridized carbons (Fsp3) is 0.185. The largest absolute Gasteiger partial charge is 0.482 e. The minimum Gasteiger partial charge on any atom is -0.482 e. The third-order valence-corrected chi connectivity index (χ3v) is 5.67. The maximum absolute atomic E-state index is 13.7. The normalized spacial score (nSPS) is 11.7. The molecule has 4 rings (SSSR count). The fourth-order valence-electron chi connectivity index (χ4n) is 3.81. The first kappa shape index (κ1) is 24.7. The highest BCUT2D eigenvalue weighted by Crippen LogP contribution is 2.21. The van der Waals surface area contributed by atoms with Crippen LogP contribution in [0.3, 0.4) is 0 Å². The van der Waals surface area contributed by atoms with E-state index in [1.807, 2.05) is 24.3 Å². The van der Waals surface area contributed by atoms with Crippen molar-refractivity contribution in [1.29, 1.82) is 0 Å². The van der Waals surface area contributed by atoms with Crippen LogP contribution in [-0.2, 0) is 22.4 Å². The van der Waals surface area contributed by atoms with Crippen LogP contribution in [0, 0.1) is 11.6 Å². The van der Waals surface area contributed by atoms with Gasteiger partial charge >= 0.3 is 0 Å². The summed E-state index contributed by atoms with van der Waals surface area (Å²) in [4.78, 5) is 33.7. The molecule has 0 radical (unpaired) electrons. The number of halogens is 2. The lowest BCUT2D eigenvalue weighted by Crippen LogP contribution is -2.44. The van der Waals surface area contributed by atoms with E-state index in [1.54, 1.807) is 24.5 Å². The minimum atomic E-state index is -1.02. The highest BCUT2D eigenvalue weighted by atomic mass is 19.2. The number of rotatable bonds is 10. The lowest BCUT2D eigenvalue weighted by atomic mass is 9.97. The maximum Gasteiger partial charge on any atom is 0.258 e. The number of aryl methyl sites for hydroxylation is 1. The van der Waals surface area contributed by atoms with Crippen LogP contribution in [-0.4, -0.2) is 34.3 Å². The zero-order valence-electron chi connectivity index (χ0n) is 19.3. The van der Waals surface area contributed by atoms with E-state index in [-0.39, 0.29) is 25.2 Å². The van der Waals surface area contributed by atoms with E-state index in [2.05, 4.69) is 15.3 Å². The molecule has 3 N–H and O–H groups in total. The van der Waals surface area contributed by atoms with Gasteiger partial charge in [0, 0.05) is 24.2 Å². The lowest BCUT2D eigenvalue weighted by Gasteiger charge is -2.18. The Morgan fingerprint density at radius 2 is 1.83 bits per heavy atom. The van der Waals surface area contributed by atoms with Gasteiger partial charge in [-0.25, -0.2) is 13.8 Å². The summed E-state index contributed by atoms with van der Waals surface area (Å²) in [5, 5.41) is 4.40. The lowest BCUT2D eigenvalue weighted by molar-refractivity contribution is -0.129. The van der Waals surface area contributed by atoms with E-state index in [1.165, 1.54) is 12.3 Å². The molecule has 0 bridgehead atoms. The second kappa shape index (κ2) is 11.4. The molecule has 0 saturated heterocycles. The zero-order chi connectivity index (χ0) is 25.5. The average Bonchev–Trinajstić information content (AvgIpc) is 2.88. The van der Waals surface area contributed by atoms with Crippen LogP contribution in [0.5, 0.6) is 5.75 Å². The molecule has 36 heavy (non-hydrogen) atoms. The number of carbonyl (C=O) groups is 2. The summed E-state index contributed by atoms with van der Waals surface area (Å²) < 4.78 is 32.5. The second-order valence-electron chi connectivity index (χ2n) is 8.27. The average molecular weight is 491 g/mol. The van der Waals surface area contributed by atoms with E-state index in [0.717, 1.165) is 28.5 Å². The van der Waals surface area contributed by atoms with Crippen molar-refractivity contribution in [3.05, 3.63) is 95.9 Å². The predicted octanol–water partition coefficient (Wildman–Crippen LogP) is 3.80. The van der Waals surface area contributed by atoms with Crippen LogP contribution in [0.15, 0.2) is 73.2 Å². The van der Waals surface area contributed by atoms with Crippen molar-refractivity contribution in [3.63, 3.8) is 0 Å². The van der Waals surface area contributed by atoms with E-state index >= 15 is 0 Å². The van der Waals surface area contributed by atoms with Gasteiger partial charge in [0.15, 0.2) is 24.0 Å². The number of amides is 1. The number of hydrogen-bond donors (Lipinski definition) is 2. The van der Waals surface area contributed by atoms with Gasteiger partial charge < -0.3 is 15.8 Å². The number of ether oxygens (including phenoxy) is 1. The zero-order valence-corrected chi connectivity index (χ0v) is 19.3. The van der Waals surface area contributed by atoms with Crippen molar-refractivity contribution in [2.45, 2.75) is 25.3 Å². The fourth-order valence-corrected chi connectivity index (χ4v) is 3.81. The second-order valence-corrected chi connectivity index (χ2v) is 8.27. The van der Waals surface area contributed by atoms with E-state index in [4.69, 9.17) is 10.5 Å². The molecule has 0 fully saturated rings. The van der Waals surface area contributed by atoms with Gasteiger partial charge in [-0.15, -0.1) is 0 Å². The number of nitrogens with zero attached hydrogens (tertiary/aromatic N) is 2. The summed E-state index contributed by atoms with van der Waals surface area (Å²) in [6.07, 6.45) is 5.22. The van der Waals surface area contributed by atoms with Gasteiger partial charge in [0.05, 0.1) is 12.2 Å². The minimum absolute atomic E-state index is 0.00852. The van der Waals surface area contributed by atoms with Crippen molar-refractivity contribution < 1.29 is 23.1 Å². The van der Waals surface area contributed by atoms with Gasteiger partial charge in [-0.1, -0.05) is 24.3 Å². The SMILES string of the molecule is Nc1nccc2cc(CCC(=O)[C@H](Cc3ccc(F)c(F)c3)NC(=O)COc3cccnc3)ccc12. The van der Waals surface area contributed by atoms with Crippen LogP contribution in [0.25, 0.3) is 10.8 Å². The molecule has 0 aliphatic rings. The Hall–Kier alpha value is -4.40. The Bertz CT molecular complexity index is 1380. The van der Waals surface area contributed by atoms with Crippen molar-refractivity contribution in [2.75, 3.05) is 12.3 Å². The molecule has 0 aliphatic carbocycles. The molecule has 0 spiro atoms. The number of nitrogen functional groups attached to an aromatic ring is 1. The first-order valence-corrected chi connectivity index (χ1v) is 11.3. The van der Waals surface area contributed by atoms with Gasteiger partial charge in [0.1, 0.15) is 11.6 Å². The highest BCUT2D eigenvalue weighted by molar-refractivity contribution is 5.92. The summed E-state index contributed by atoms with van der Waals surface area (Å²) in [6, 6.07) is 13.3. The van der Waals surface area contributed by atoms with E-state index in [9.17, 15) is 18.4 Å². The quantitative estimate of drug-likeness (QED) is 0.350. The first-order valence-electron chi connectivity index (χ1n) is 11.3. The van der Waals surface area contributed by atoms with Crippen LogP contribution < -0.4 is 15.8 Å². The number of aromatic nitrogens is 2. The van der Waals surface area contributed by atoms with Crippen LogP contribution in [0.2, 0.25) is 0 Å². The molecule has 1 amide bonds. The van der Waals surface area contributed by atoms with Gasteiger partial charge in [0.25, 0.3) is 5.91 Å². The third kappa shape index (κ3) is 6.38. The molecule has 2 aromatic carbocycles. The standard InChI is InChI=1S/C27H24F2N4O3/c28-22-7-4-18(13-23(22)29)14-24(33-26(35)16-36-20-2-1-10-31-15-20)25(34)8-5-17-3-6-21-19(12-17)9-11-32-27(21)30/h1-4,6-7,9-13,15,24H,5,8,14,16H2,(H2,30,32)(H,33,35)/t24-/m0/s1. The number of pyridine rings is 2. The number of nitrogens with one attached hydrogen (secondary N) is 1. The van der Waals surface area contributed by atoms with Crippen LogP contribution in [0.4, 0.5) is 14.6 Å². The molecular weight excluding hydrogens is 466 g/mol. The maximum atomic E-state index is 13.7. The summed E-state index contributed by atoms with van der Waals surface area (Å²) in [5.74, 6) is -1.93. The smallest absolute Gasteiger partial charge is 0.258 e. The molecule has 2 aromatic heterocycles. The molecule has 0 unspecified atom stereocenters. The topological polar surface area (TPSA) is 107 Å². The summed E-state index contributed by atoms with van der Waals surface area (Å²) >= 11 is 0. The Morgan fingerprint density at radius 1 is 1.00 bits per heavy atom. The Labute approximate surface area is 206 Å². The van der Waals surface area contributed by atoms with Gasteiger partial charge in [-0.05, 0) is 59.7 Å². The molecule has 0 aliphatic heterocycles. The number of ketones is 1. The molecule has 7 nitrogen and oxygen atoms in total. The number of benzene rings is 2. The molecular formula is C27H24F2N4O3. The van der Waals surface area contributed by atoms with Crippen LogP contribution >= 0.6 is 0 Å². The molecule has 2 heterocycles. The summed E-state index contributed by atoms with van der Waals surface area (Å²) in [7, 11) is 0. The summed E-state index contributed by atoms with van der Waals surface area (Å²) in [5.41, 5.74) is 7.20. The van der Waals surface area contributed by atoms with E-state index in [0.29, 0.717) is 23.6 Å². The third-order valence-electron chi connectivity index (χ3n) is 5.67. The van der Waals surface area contributed by atoms with Crippen molar-refractivity contribution in [3.8, 4) is 5.75 Å². The molecule has 184 valence electrons. The van der Waals surface area contributed by atoms with Gasteiger partial charge in [-0.2, -0.15) is 0 Å². The molecule has 9 heteroatoms. The molecule has 1 atom stereocenters. The number of Topliss-reactive ketones (excluding diaryl/α,β-unsaturated/α-hetero) is 1. The van der Waals surface area contributed by atoms with Crippen molar-refractivity contribution >= 4 is 28.3 Å². The number of fused-ring (bicyclic) bond motifs is 1. The Kier molecular flexibility index (Phi) is 7.79. The van der Waals surface area contributed by atoms with E-state index < -0.39 is 23.6 Å². The number of hydrogen-bond acceptors (Lipinski definition) is 6. The monoisotopic (exact) mass is 490 g/mol. The Balaban J connectivity index is 1.44. The first-order chi connectivity index (χ1) is 17.4. The van der Waals surface area contributed by atoms with Gasteiger partial charge in [0.2, 0.25) is 0 Å². The number of anilines is 1. The number of nitrogens with two attached hydrogens (primary N) is 1. The number of carbonyl (C=O) groups excluding carboxylic acids is 2. The molecule has 0 saturated carbocycles. The highest BCUT2D eigenvalue weighted by Gasteiger charge is 2.22. The Morgan fingerprint density at radius 3 is 2.61 bits per heavy atom. The summed E-state index contributed by atoms with van der Waals surface area (Å²) in [6.45, 7) is -0.326. The van der Waals surface area contributed by atoms with Crippen molar-refractivity contribution in [1.82, 2.24) is 15.3 Å². The van der Waals surface area contributed by atoms with Gasteiger partial charge in [-0.3, -0.25) is 14.6 Å². The van der Waals surface area contributed by atoms with Crippen molar-refractivity contribution in [2.24, 2.45) is 0 Å². The van der Waals surface area contributed by atoms with Crippen LogP contribution in [0.1, 0.15) is 17.5 Å². The molecule has 4 aromatic rings.